The third-order valence-corrected chi connectivity index (χ3v) is 6.24. The topological polar surface area (TPSA) is 103 Å². The Morgan fingerprint density at radius 1 is 0.800 bits per heavy atom. The minimum atomic E-state index is -1.07. The van der Waals surface area contributed by atoms with Gasteiger partial charge >= 0.3 is 18.2 Å². The van der Waals surface area contributed by atoms with Crippen LogP contribution in [0.5, 0.6) is 0 Å². The maximum Gasteiger partial charge on any atom is 0.408 e. The van der Waals surface area contributed by atoms with E-state index < -0.39 is 35.3 Å². The van der Waals surface area contributed by atoms with Gasteiger partial charge in [0.15, 0.2) is 6.10 Å². The van der Waals surface area contributed by atoms with E-state index in [4.69, 9.17) is 14.2 Å². The van der Waals surface area contributed by atoms with E-state index in [0.29, 0.717) is 0 Å². The fraction of sp³-hybridized carbons (Fsp3) is 0.344. The van der Waals surface area contributed by atoms with Gasteiger partial charge in [0.25, 0.3) is 0 Å². The molecule has 0 heterocycles. The Kier molecular flexibility index (Phi) is 10.9. The summed E-state index contributed by atoms with van der Waals surface area (Å²) >= 11 is 0. The summed E-state index contributed by atoms with van der Waals surface area (Å²) in [5.41, 5.74) is 3.83. The van der Waals surface area contributed by atoms with Crippen molar-refractivity contribution in [3.63, 3.8) is 0 Å². The lowest BCUT2D eigenvalue weighted by Crippen LogP contribution is -2.45. The number of amides is 2. The zero-order valence-corrected chi connectivity index (χ0v) is 24.3. The molecule has 8 heteroatoms. The second kappa shape index (κ2) is 13.6. The first-order valence-electron chi connectivity index (χ1n) is 12.9. The van der Waals surface area contributed by atoms with Crippen LogP contribution in [0.15, 0.2) is 74.3 Å². The SMILES string of the molecule is C=CC(=O)OCC(COC(=O)NC(C)(C)c1cccc(C(=C)C)c1)OC(=O)NC(C)(C)c1cccc(C(=C)C)c1. The number of rotatable bonds is 12. The molecule has 2 aromatic rings. The van der Waals surface area contributed by atoms with Gasteiger partial charge in [0, 0.05) is 6.08 Å². The van der Waals surface area contributed by atoms with Gasteiger partial charge in [-0.05, 0) is 75.9 Å². The van der Waals surface area contributed by atoms with Crippen LogP contribution in [0.3, 0.4) is 0 Å². The van der Waals surface area contributed by atoms with Crippen LogP contribution in [-0.4, -0.2) is 37.5 Å². The monoisotopic (exact) mass is 548 g/mol. The summed E-state index contributed by atoms with van der Waals surface area (Å²) in [4.78, 5) is 37.2. The van der Waals surface area contributed by atoms with E-state index in [0.717, 1.165) is 39.5 Å². The number of hydrogen-bond acceptors (Lipinski definition) is 6. The highest BCUT2D eigenvalue weighted by Crippen LogP contribution is 2.25. The second-order valence-corrected chi connectivity index (χ2v) is 10.7. The third-order valence-electron chi connectivity index (χ3n) is 6.24. The average molecular weight is 549 g/mol. The van der Waals surface area contributed by atoms with Crippen molar-refractivity contribution in [3.05, 3.63) is 96.6 Å². The van der Waals surface area contributed by atoms with Crippen LogP contribution in [0, 0.1) is 0 Å². The molecule has 0 aliphatic carbocycles. The molecule has 40 heavy (non-hydrogen) atoms. The number of carbonyl (C=O) groups excluding carboxylic acids is 3. The molecule has 214 valence electrons. The zero-order valence-electron chi connectivity index (χ0n) is 24.3. The van der Waals surface area contributed by atoms with Crippen LogP contribution in [0.2, 0.25) is 0 Å². The minimum absolute atomic E-state index is 0.332. The van der Waals surface area contributed by atoms with Crippen LogP contribution in [0.25, 0.3) is 11.1 Å². The molecule has 0 saturated carbocycles. The van der Waals surface area contributed by atoms with Gasteiger partial charge < -0.3 is 24.8 Å². The lowest BCUT2D eigenvalue weighted by atomic mass is 9.92. The second-order valence-electron chi connectivity index (χ2n) is 10.7. The van der Waals surface area contributed by atoms with Crippen molar-refractivity contribution >= 4 is 29.3 Å². The smallest absolute Gasteiger partial charge is 0.408 e. The highest BCUT2D eigenvalue weighted by molar-refractivity contribution is 5.81. The number of nitrogens with one attached hydrogen (secondary N) is 2. The Morgan fingerprint density at radius 2 is 1.25 bits per heavy atom. The molecule has 1 unspecified atom stereocenters. The first-order valence-corrected chi connectivity index (χ1v) is 12.9. The number of allylic oxidation sites excluding steroid dienone is 2. The molecule has 2 N–H and O–H groups in total. The molecule has 0 spiro atoms. The van der Waals surface area contributed by atoms with Crippen LogP contribution < -0.4 is 10.6 Å². The van der Waals surface area contributed by atoms with Crippen molar-refractivity contribution in [2.75, 3.05) is 13.2 Å². The number of esters is 1. The van der Waals surface area contributed by atoms with E-state index in [2.05, 4.69) is 30.4 Å². The highest BCUT2D eigenvalue weighted by Gasteiger charge is 2.28. The molecule has 2 aromatic carbocycles. The molecular weight excluding hydrogens is 508 g/mol. The first kappa shape index (κ1) is 31.9. The molecule has 2 amide bonds. The Morgan fingerprint density at radius 3 is 1.70 bits per heavy atom. The molecule has 8 nitrogen and oxygen atoms in total. The van der Waals surface area contributed by atoms with E-state index >= 15 is 0 Å². The van der Waals surface area contributed by atoms with Gasteiger partial charge in [0.05, 0.1) is 11.1 Å². The standard InChI is InChI=1S/C32H40N2O6/c1-10-28(35)38-19-27(40-30(37)34-32(8,9)26-16-12-14-24(18-26)22(4)5)20-39-29(36)33-31(6,7)25-15-11-13-23(17-25)21(2)3/h10-18,27H,1-2,4,19-20H2,3,5-9H3,(H,33,36)(H,34,37). The van der Waals surface area contributed by atoms with Crippen LogP contribution in [0.1, 0.15) is 63.8 Å². The van der Waals surface area contributed by atoms with Crippen molar-refractivity contribution in [3.8, 4) is 0 Å². The summed E-state index contributed by atoms with van der Waals surface area (Å²) < 4.78 is 15.9. The predicted octanol–water partition coefficient (Wildman–Crippen LogP) is 6.47. The van der Waals surface area contributed by atoms with Gasteiger partial charge in [0.1, 0.15) is 13.2 Å². The Hall–Kier alpha value is -4.33. The maximum absolute atomic E-state index is 12.8. The number of carbonyl (C=O) groups is 3. The third kappa shape index (κ3) is 9.45. The fourth-order valence-corrected chi connectivity index (χ4v) is 3.74. The summed E-state index contributed by atoms with van der Waals surface area (Å²) in [5.74, 6) is -0.700. The highest BCUT2D eigenvalue weighted by atomic mass is 16.6. The quantitative estimate of drug-likeness (QED) is 0.179. The van der Waals surface area contributed by atoms with E-state index in [9.17, 15) is 14.4 Å². The van der Waals surface area contributed by atoms with Gasteiger partial charge in [-0.3, -0.25) is 0 Å². The van der Waals surface area contributed by atoms with E-state index in [-0.39, 0.29) is 13.2 Å². The predicted molar refractivity (Wildman–Crippen MR) is 157 cm³/mol. The average Bonchev–Trinajstić information content (AvgIpc) is 2.89. The molecule has 0 bridgehead atoms. The maximum atomic E-state index is 12.8. The molecule has 0 aromatic heterocycles. The fourth-order valence-electron chi connectivity index (χ4n) is 3.74. The largest absolute Gasteiger partial charge is 0.458 e. The first-order chi connectivity index (χ1) is 18.6. The molecule has 0 aliphatic heterocycles. The Bertz CT molecular complexity index is 1280. The number of benzene rings is 2. The molecule has 0 aliphatic rings. The molecule has 0 saturated heterocycles. The number of hydrogen-bond donors (Lipinski definition) is 2. The number of ether oxygens (including phenoxy) is 3. The van der Waals surface area contributed by atoms with E-state index in [1.807, 2.05) is 90.1 Å². The lowest BCUT2D eigenvalue weighted by molar-refractivity contribution is -0.141. The van der Waals surface area contributed by atoms with Gasteiger partial charge in [-0.15, -0.1) is 0 Å². The lowest BCUT2D eigenvalue weighted by Gasteiger charge is -2.29. The summed E-state index contributed by atoms with van der Waals surface area (Å²) in [6.07, 6.45) is -1.58. The zero-order chi connectivity index (χ0) is 30.1. The Balaban J connectivity index is 2.07. The van der Waals surface area contributed by atoms with E-state index in [1.165, 1.54) is 0 Å². The van der Waals surface area contributed by atoms with Crippen molar-refractivity contribution in [2.45, 2.75) is 58.7 Å². The number of alkyl carbamates (subject to hydrolysis) is 2. The Labute approximate surface area is 237 Å². The van der Waals surface area contributed by atoms with Crippen molar-refractivity contribution < 1.29 is 28.6 Å². The summed E-state index contributed by atoms with van der Waals surface area (Å²) in [5, 5.41) is 5.64. The van der Waals surface area contributed by atoms with Gasteiger partial charge in [0.2, 0.25) is 0 Å². The van der Waals surface area contributed by atoms with Crippen LogP contribution >= 0.6 is 0 Å². The van der Waals surface area contributed by atoms with Crippen molar-refractivity contribution in [2.24, 2.45) is 0 Å². The normalized spacial score (nSPS) is 11.9. The molecular formula is C32H40N2O6. The van der Waals surface area contributed by atoms with E-state index in [1.54, 1.807) is 0 Å². The van der Waals surface area contributed by atoms with Crippen LogP contribution in [0.4, 0.5) is 9.59 Å². The summed E-state index contributed by atoms with van der Waals surface area (Å²) in [6.45, 7) is 21.7. The molecule has 2 rings (SSSR count). The molecule has 0 radical (unpaired) electrons. The van der Waals surface area contributed by atoms with Gasteiger partial charge in [-0.1, -0.05) is 67.3 Å². The molecule has 1 atom stereocenters. The summed E-state index contributed by atoms with van der Waals surface area (Å²) in [7, 11) is 0. The van der Waals surface area contributed by atoms with Crippen molar-refractivity contribution in [1.29, 1.82) is 0 Å². The summed E-state index contributed by atoms with van der Waals surface area (Å²) in [6, 6.07) is 15.3. The van der Waals surface area contributed by atoms with Gasteiger partial charge in [-0.2, -0.15) is 0 Å². The minimum Gasteiger partial charge on any atom is -0.458 e. The van der Waals surface area contributed by atoms with Crippen molar-refractivity contribution in [1.82, 2.24) is 10.6 Å². The molecule has 0 fully saturated rings. The van der Waals surface area contributed by atoms with Crippen LogP contribution in [-0.2, 0) is 30.1 Å². The van der Waals surface area contributed by atoms with Gasteiger partial charge in [-0.25, -0.2) is 14.4 Å².